The van der Waals surface area contributed by atoms with Gasteiger partial charge in [0, 0.05) is 49.1 Å². The third kappa shape index (κ3) is 3.86. The Morgan fingerprint density at radius 1 is 0.327 bits per heavy atom. The number of aromatic nitrogens is 5. The number of hydrogen-bond donors (Lipinski definition) is 0. The molecule has 55 heavy (non-hydrogen) atoms. The van der Waals surface area contributed by atoms with Crippen LogP contribution < -0.4 is 0 Å². The predicted octanol–water partition coefficient (Wildman–Crippen LogP) is 12.6. The molecule has 0 aliphatic heterocycles. The van der Waals surface area contributed by atoms with E-state index in [4.69, 9.17) is 9.97 Å². The standard InChI is InChI=1S/C50H29N5/c1-2-12-32(13-3-1)53-43-19-9-4-14-34(43)37-28-38-35-15-5-10-20-44(35)54(47(38)29-46(37)53)33-24-22-30(23-25-33)31-26-39-36-16-6-11-21-45(36)55-49(39)40(27-31)48-50(55)52-42-18-8-7-17-41(42)51-48/h1-29H. The minimum absolute atomic E-state index is 0.902. The van der Waals surface area contributed by atoms with Crippen LogP contribution in [0, 0.1) is 0 Å². The highest BCUT2D eigenvalue weighted by Crippen LogP contribution is 2.43. The molecule has 0 aliphatic carbocycles. The molecular formula is C50H29N5. The maximum Gasteiger partial charge on any atom is 0.165 e. The van der Waals surface area contributed by atoms with Crippen molar-refractivity contribution in [2.75, 3.05) is 0 Å². The Morgan fingerprint density at radius 2 is 0.855 bits per heavy atom. The second kappa shape index (κ2) is 10.6. The van der Waals surface area contributed by atoms with Crippen molar-refractivity contribution < 1.29 is 0 Å². The molecule has 0 spiro atoms. The summed E-state index contributed by atoms with van der Waals surface area (Å²) >= 11 is 0. The summed E-state index contributed by atoms with van der Waals surface area (Å²) in [6.07, 6.45) is 0. The molecule has 0 bridgehead atoms. The van der Waals surface area contributed by atoms with E-state index in [0.717, 1.165) is 55.6 Å². The molecule has 0 fully saturated rings. The molecule has 0 saturated carbocycles. The first-order chi connectivity index (χ1) is 27.3. The van der Waals surface area contributed by atoms with Crippen LogP contribution in [-0.2, 0) is 0 Å². The van der Waals surface area contributed by atoms with E-state index in [1.54, 1.807) is 0 Å². The third-order valence-electron chi connectivity index (χ3n) is 11.7. The lowest BCUT2D eigenvalue weighted by Gasteiger charge is -2.11. The van der Waals surface area contributed by atoms with E-state index in [-0.39, 0.29) is 0 Å². The summed E-state index contributed by atoms with van der Waals surface area (Å²) in [7, 11) is 0. The predicted molar refractivity (Wildman–Crippen MR) is 228 cm³/mol. The van der Waals surface area contributed by atoms with Crippen LogP contribution in [0.1, 0.15) is 0 Å². The molecule has 5 aromatic heterocycles. The first-order valence-corrected chi connectivity index (χ1v) is 18.8. The Kier molecular flexibility index (Phi) is 5.57. The molecule has 0 unspecified atom stereocenters. The van der Waals surface area contributed by atoms with Crippen molar-refractivity contribution in [3.63, 3.8) is 0 Å². The van der Waals surface area contributed by atoms with E-state index < -0.39 is 0 Å². The van der Waals surface area contributed by atoms with Gasteiger partial charge >= 0.3 is 0 Å². The molecule has 0 aliphatic rings. The van der Waals surface area contributed by atoms with Crippen LogP contribution in [0.2, 0.25) is 0 Å². The summed E-state index contributed by atoms with van der Waals surface area (Å²) < 4.78 is 7.13. The number of para-hydroxylation sites is 6. The fraction of sp³-hybridized carbons (Fsp3) is 0. The zero-order chi connectivity index (χ0) is 35.8. The average Bonchev–Trinajstić information content (AvgIpc) is 3.96. The fourth-order valence-electron chi connectivity index (χ4n) is 9.36. The van der Waals surface area contributed by atoms with Crippen LogP contribution >= 0.6 is 0 Å². The SMILES string of the molecule is c1ccc(-n2c3ccccc3c3cc4c5ccccc5n(-c5ccc(-c6cc7c8ccccc8n8c9nc%10ccccc%10nc9c(c6)c78)cc5)c4cc32)cc1. The van der Waals surface area contributed by atoms with E-state index in [2.05, 4.69) is 171 Å². The molecule has 0 N–H and O–H groups in total. The maximum absolute atomic E-state index is 5.19. The molecule has 254 valence electrons. The first-order valence-electron chi connectivity index (χ1n) is 18.8. The van der Waals surface area contributed by atoms with Gasteiger partial charge in [-0.2, -0.15) is 0 Å². The molecule has 5 heterocycles. The van der Waals surface area contributed by atoms with Crippen LogP contribution in [0.5, 0.6) is 0 Å². The van der Waals surface area contributed by atoms with E-state index in [9.17, 15) is 0 Å². The van der Waals surface area contributed by atoms with Crippen molar-refractivity contribution in [1.29, 1.82) is 0 Å². The largest absolute Gasteiger partial charge is 0.309 e. The smallest absolute Gasteiger partial charge is 0.165 e. The minimum Gasteiger partial charge on any atom is -0.309 e. The second-order valence-corrected chi connectivity index (χ2v) is 14.6. The molecule has 13 aromatic rings. The van der Waals surface area contributed by atoms with Gasteiger partial charge in [0.05, 0.1) is 44.1 Å². The normalized spacial score (nSPS) is 12.4. The number of benzene rings is 8. The highest BCUT2D eigenvalue weighted by Gasteiger charge is 2.22. The topological polar surface area (TPSA) is 40.0 Å². The van der Waals surface area contributed by atoms with Crippen molar-refractivity contribution in [3.8, 4) is 22.5 Å². The van der Waals surface area contributed by atoms with Crippen LogP contribution in [0.25, 0.3) is 116 Å². The van der Waals surface area contributed by atoms with Gasteiger partial charge in [-0.05, 0) is 90.0 Å². The molecule has 5 nitrogen and oxygen atoms in total. The Morgan fingerprint density at radius 3 is 1.53 bits per heavy atom. The Balaban J connectivity index is 1.04. The van der Waals surface area contributed by atoms with E-state index in [1.165, 1.54) is 59.9 Å². The number of nitrogens with zero attached hydrogens (tertiary/aromatic N) is 5. The van der Waals surface area contributed by atoms with E-state index in [0.29, 0.717) is 0 Å². The van der Waals surface area contributed by atoms with Gasteiger partial charge in [0.2, 0.25) is 0 Å². The minimum atomic E-state index is 0.902. The summed E-state index contributed by atoms with van der Waals surface area (Å²) in [4.78, 5) is 10.3. The summed E-state index contributed by atoms with van der Waals surface area (Å²) in [5, 5.41) is 8.58. The number of hydrogen-bond acceptors (Lipinski definition) is 2. The molecule has 8 aromatic carbocycles. The molecule has 0 atom stereocenters. The summed E-state index contributed by atoms with van der Waals surface area (Å²) in [6, 6.07) is 63.6. The molecule has 0 radical (unpaired) electrons. The molecular weight excluding hydrogens is 671 g/mol. The van der Waals surface area contributed by atoms with Crippen molar-refractivity contribution in [3.05, 3.63) is 176 Å². The zero-order valence-corrected chi connectivity index (χ0v) is 29.5. The van der Waals surface area contributed by atoms with Crippen LogP contribution in [0.3, 0.4) is 0 Å². The lowest BCUT2D eigenvalue weighted by molar-refractivity contribution is 1.16. The lowest BCUT2D eigenvalue weighted by Crippen LogP contribution is -1.95. The molecule has 0 amide bonds. The Bertz CT molecular complexity index is 3700. The Hall–Kier alpha value is -7.50. The van der Waals surface area contributed by atoms with Gasteiger partial charge in [0.1, 0.15) is 5.52 Å². The van der Waals surface area contributed by atoms with Gasteiger partial charge in [-0.25, -0.2) is 9.97 Å². The number of rotatable bonds is 3. The maximum atomic E-state index is 5.19. The Labute approximate surface area is 313 Å². The average molecular weight is 700 g/mol. The fourth-order valence-corrected chi connectivity index (χ4v) is 9.36. The van der Waals surface area contributed by atoms with Gasteiger partial charge < -0.3 is 9.13 Å². The summed E-state index contributed by atoms with van der Waals surface area (Å²) in [6.45, 7) is 0. The van der Waals surface area contributed by atoms with Crippen LogP contribution in [-0.4, -0.2) is 23.5 Å². The van der Waals surface area contributed by atoms with Crippen molar-refractivity contribution >= 4 is 93.0 Å². The zero-order valence-electron chi connectivity index (χ0n) is 29.5. The van der Waals surface area contributed by atoms with Gasteiger partial charge in [-0.15, -0.1) is 0 Å². The summed E-state index contributed by atoms with van der Waals surface area (Å²) in [5.74, 6) is 0. The summed E-state index contributed by atoms with van der Waals surface area (Å²) in [5.41, 5.74) is 15.4. The van der Waals surface area contributed by atoms with Gasteiger partial charge in [0.25, 0.3) is 0 Å². The van der Waals surface area contributed by atoms with Crippen molar-refractivity contribution in [2.24, 2.45) is 0 Å². The third-order valence-corrected chi connectivity index (χ3v) is 11.7. The number of fused-ring (bicyclic) bond motifs is 13. The molecule has 5 heteroatoms. The van der Waals surface area contributed by atoms with Gasteiger partial charge in [-0.1, -0.05) is 97.1 Å². The highest BCUT2D eigenvalue weighted by molar-refractivity contribution is 6.24. The van der Waals surface area contributed by atoms with Crippen LogP contribution in [0.4, 0.5) is 0 Å². The second-order valence-electron chi connectivity index (χ2n) is 14.6. The first kappa shape index (κ1) is 29.0. The van der Waals surface area contributed by atoms with Crippen molar-refractivity contribution in [2.45, 2.75) is 0 Å². The quantitative estimate of drug-likeness (QED) is 0.184. The van der Waals surface area contributed by atoms with Gasteiger partial charge in [0.15, 0.2) is 5.65 Å². The van der Waals surface area contributed by atoms with E-state index in [1.807, 2.05) is 18.2 Å². The van der Waals surface area contributed by atoms with Gasteiger partial charge in [-0.3, -0.25) is 4.40 Å². The lowest BCUT2D eigenvalue weighted by atomic mass is 10.00. The highest BCUT2D eigenvalue weighted by atomic mass is 15.0. The monoisotopic (exact) mass is 699 g/mol. The molecule has 13 rings (SSSR count). The van der Waals surface area contributed by atoms with Crippen molar-refractivity contribution in [1.82, 2.24) is 23.5 Å². The van der Waals surface area contributed by atoms with Crippen LogP contribution in [0.15, 0.2) is 176 Å². The van der Waals surface area contributed by atoms with E-state index >= 15 is 0 Å². The molecule has 0 saturated heterocycles.